The van der Waals surface area contributed by atoms with E-state index in [4.69, 9.17) is 14.2 Å². The number of ether oxygens (including phenoxy) is 3. The summed E-state index contributed by atoms with van der Waals surface area (Å²) < 4.78 is 15.5. The van der Waals surface area contributed by atoms with Gasteiger partial charge in [0.25, 0.3) is 11.8 Å². The molecule has 1 saturated heterocycles. The van der Waals surface area contributed by atoms with E-state index in [-0.39, 0.29) is 5.57 Å². The fourth-order valence-corrected chi connectivity index (χ4v) is 2.73. The van der Waals surface area contributed by atoms with E-state index in [1.807, 2.05) is 0 Å². The van der Waals surface area contributed by atoms with Gasteiger partial charge in [0.2, 0.25) is 0 Å². The zero-order valence-electron chi connectivity index (χ0n) is 15.5. The van der Waals surface area contributed by atoms with E-state index < -0.39 is 17.8 Å². The summed E-state index contributed by atoms with van der Waals surface area (Å²) >= 11 is 0. The molecule has 1 N–H and O–H groups in total. The summed E-state index contributed by atoms with van der Waals surface area (Å²) in [5.41, 5.74) is 0.678. The SMILES string of the molecule is COc1ccc(N2C(=O)NC(=O)/C(=C/c3ccc(OC)c(OC)c3)C2=O)cc1. The molecule has 8 heteroatoms. The van der Waals surface area contributed by atoms with Crippen molar-refractivity contribution in [3.8, 4) is 17.2 Å². The lowest BCUT2D eigenvalue weighted by Gasteiger charge is -2.26. The fourth-order valence-electron chi connectivity index (χ4n) is 2.73. The Bertz CT molecular complexity index is 965. The minimum atomic E-state index is -0.815. The summed E-state index contributed by atoms with van der Waals surface area (Å²) in [5, 5.41) is 2.18. The molecule has 144 valence electrons. The molecule has 28 heavy (non-hydrogen) atoms. The van der Waals surface area contributed by atoms with Crippen molar-refractivity contribution in [1.29, 1.82) is 0 Å². The Morgan fingerprint density at radius 2 is 1.54 bits per heavy atom. The summed E-state index contributed by atoms with van der Waals surface area (Å²) in [6.45, 7) is 0. The van der Waals surface area contributed by atoms with Gasteiger partial charge in [-0.1, -0.05) is 6.07 Å². The van der Waals surface area contributed by atoms with E-state index in [1.54, 1.807) is 42.5 Å². The smallest absolute Gasteiger partial charge is 0.335 e. The van der Waals surface area contributed by atoms with Crippen LogP contribution in [0.1, 0.15) is 5.56 Å². The Kier molecular flexibility index (Phi) is 5.30. The molecule has 2 aromatic rings. The van der Waals surface area contributed by atoms with Gasteiger partial charge in [0, 0.05) is 0 Å². The van der Waals surface area contributed by atoms with Crippen molar-refractivity contribution >= 4 is 29.6 Å². The molecule has 0 unspecified atom stereocenters. The highest BCUT2D eigenvalue weighted by molar-refractivity contribution is 6.39. The van der Waals surface area contributed by atoms with Crippen LogP contribution in [0.15, 0.2) is 48.0 Å². The third-order valence-electron chi connectivity index (χ3n) is 4.15. The minimum Gasteiger partial charge on any atom is -0.497 e. The highest BCUT2D eigenvalue weighted by Crippen LogP contribution is 2.29. The van der Waals surface area contributed by atoms with E-state index in [9.17, 15) is 14.4 Å². The highest BCUT2D eigenvalue weighted by atomic mass is 16.5. The summed E-state index contributed by atoms with van der Waals surface area (Å²) in [6, 6.07) is 10.5. The average molecular weight is 382 g/mol. The second-order valence-corrected chi connectivity index (χ2v) is 5.77. The maximum absolute atomic E-state index is 12.9. The predicted molar refractivity (Wildman–Crippen MR) is 102 cm³/mol. The molecule has 0 saturated carbocycles. The van der Waals surface area contributed by atoms with Gasteiger partial charge < -0.3 is 14.2 Å². The molecule has 0 radical (unpaired) electrons. The molecule has 0 spiro atoms. The summed E-state index contributed by atoms with van der Waals surface area (Å²) in [4.78, 5) is 38.2. The molecule has 3 rings (SSSR count). The summed E-state index contributed by atoms with van der Waals surface area (Å²) in [5.74, 6) is 0.0387. The molecule has 0 aromatic heterocycles. The third kappa shape index (κ3) is 3.52. The van der Waals surface area contributed by atoms with Gasteiger partial charge in [-0.2, -0.15) is 0 Å². The number of urea groups is 1. The number of rotatable bonds is 5. The van der Waals surface area contributed by atoms with Gasteiger partial charge in [-0.15, -0.1) is 0 Å². The molecule has 1 aliphatic rings. The van der Waals surface area contributed by atoms with Crippen LogP contribution in [-0.2, 0) is 9.59 Å². The van der Waals surface area contributed by atoms with Gasteiger partial charge in [0.05, 0.1) is 27.0 Å². The van der Waals surface area contributed by atoms with Gasteiger partial charge in [0.1, 0.15) is 11.3 Å². The van der Waals surface area contributed by atoms with Crippen LogP contribution in [0.2, 0.25) is 0 Å². The highest BCUT2D eigenvalue weighted by Gasteiger charge is 2.36. The second kappa shape index (κ2) is 7.83. The molecule has 2 aromatic carbocycles. The number of benzene rings is 2. The molecule has 0 aliphatic carbocycles. The number of barbiturate groups is 1. The molecule has 0 atom stereocenters. The molecule has 1 heterocycles. The van der Waals surface area contributed by atoms with Gasteiger partial charge in [-0.3, -0.25) is 14.9 Å². The van der Waals surface area contributed by atoms with Crippen molar-refractivity contribution in [1.82, 2.24) is 5.32 Å². The van der Waals surface area contributed by atoms with E-state index in [0.29, 0.717) is 28.5 Å². The largest absolute Gasteiger partial charge is 0.497 e. The Hall–Kier alpha value is -3.81. The number of hydrogen-bond donors (Lipinski definition) is 1. The Balaban J connectivity index is 1.98. The van der Waals surface area contributed by atoms with Crippen LogP contribution in [0.5, 0.6) is 17.2 Å². The number of carbonyl (C=O) groups is 3. The van der Waals surface area contributed by atoms with Crippen LogP contribution in [0.25, 0.3) is 6.08 Å². The van der Waals surface area contributed by atoms with E-state index in [2.05, 4.69) is 5.32 Å². The number of anilines is 1. The van der Waals surface area contributed by atoms with Crippen molar-refractivity contribution in [3.63, 3.8) is 0 Å². The molecule has 1 aliphatic heterocycles. The van der Waals surface area contributed by atoms with Crippen molar-refractivity contribution in [2.45, 2.75) is 0 Å². The number of carbonyl (C=O) groups excluding carboxylic acids is 3. The Morgan fingerprint density at radius 1 is 0.857 bits per heavy atom. The maximum atomic E-state index is 12.9. The van der Waals surface area contributed by atoms with Crippen molar-refractivity contribution in [2.75, 3.05) is 26.2 Å². The molecule has 0 bridgehead atoms. The first kappa shape index (κ1) is 19.0. The summed E-state index contributed by atoms with van der Waals surface area (Å²) in [6.07, 6.45) is 1.39. The normalized spacial score (nSPS) is 15.5. The summed E-state index contributed by atoms with van der Waals surface area (Å²) in [7, 11) is 4.50. The Morgan fingerprint density at radius 3 is 2.14 bits per heavy atom. The zero-order valence-corrected chi connectivity index (χ0v) is 15.5. The van der Waals surface area contributed by atoms with E-state index in [1.165, 1.54) is 27.4 Å². The maximum Gasteiger partial charge on any atom is 0.335 e. The van der Waals surface area contributed by atoms with Crippen molar-refractivity contribution < 1.29 is 28.6 Å². The molecule has 8 nitrogen and oxygen atoms in total. The lowest BCUT2D eigenvalue weighted by molar-refractivity contribution is -0.122. The van der Waals surface area contributed by atoms with Crippen molar-refractivity contribution in [3.05, 3.63) is 53.6 Å². The minimum absolute atomic E-state index is 0.178. The van der Waals surface area contributed by atoms with Crippen LogP contribution in [0, 0.1) is 0 Å². The van der Waals surface area contributed by atoms with Gasteiger partial charge in [-0.25, -0.2) is 9.69 Å². The van der Waals surface area contributed by atoms with Gasteiger partial charge in [-0.05, 0) is 48.0 Å². The molecular formula is C20H18N2O6. The first-order valence-electron chi connectivity index (χ1n) is 8.26. The van der Waals surface area contributed by atoms with Crippen LogP contribution >= 0.6 is 0 Å². The lowest BCUT2D eigenvalue weighted by atomic mass is 10.1. The molecule has 1 fully saturated rings. The first-order chi connectivity index (χ1) is 13.5. The van der Waals surface area contributed by atoms with Crippen LogP contribution in [0.4, 0.5) is 10.5 Å². The monoisotopic (exact) mass is 382 g/mol. The third-order valence-corrected chi connectivity index (χ3v) is 4.15. The number of imide groups is 2. The molecular weight excluding hydrogens is 364 g/mol. The topological polar surface area (TPSA) is 94.2 Å². The number of nitrogens with zero attached hydrogens (tertiary/aromatic N) is 1. The fraction of sp³-hybridized carbons (Fsp3) is 0.150. The zero-order chi connectivity index (χ0) is 20.3. The van der Waals surface area contributed by atoms with E-state index in [0.717, 1.165) is 4.90 Å². The van der Waals surface area contributed by atoms with Gasteiger partial charge >= 0.3 is 6.03 Å². The van der Waals surface area contributed by atoms with Crippen LogP contribution in [-0.4, -0.2) is 39.2 Å². The number of amides is 4. The number of nitrogens with one attached hydrogen (secondary N) is 1. The lowest BCUT2D eigenvalue weighted by Crippen LogP contribution is -2.54. The van der Waals surface area contributed by atoms with Crippen LogP contribution < -0.4 is 24.4 Å². The number of methoxy groups -OCH3 is 3. The van der Waals surface area contributed by atoms with Gasteiger partial charge in [0.15, 0.2) is 11.5 Å². The molecule has 4 amide bonds. The van der Waals surface area contributed by atoms with E-state index >= 15 is 0 Å². The van der Waals surface area contributed by atoms with Crippen LogP contribution in [0.3, 0.4) is 0 Å². The average Bonchev–Trinajstić information content (AvgIpc) is 2.71. The quantitative estimate of drug-likeness (QED) is 0.630. The first-order valence-corrected chi connectivity index (χ1v) is 8.26. The standard InChI is InChI=1S/C20H18N2O6/c1-26-14-7-5-13(6-8-14)22-19(24)15(18(23)21-20(22)25)10-12-4-9-16(27-2)17(11-12)28-3/h4-11H,1-3H3,(H,21,23,25)/b15-10-. The Labute approximate surface area is 161 Å². The van der Waals surface area contributed by atoms with Crippen molar-refractivity contribution in [2.24, 2.45) is 0 Å². The predicted octanol–water partition coefficient (Wildman–Crippen LogP) is 2.38. The second-order valence-electron chi connectivity index (χ2n) is 5.77. The number of hydrogen-bond acceptors (Lipinski definition) is 6.